The van der Waals surface area contributed by atoms with Gasteiger partial charge in [-0.3, -0.25) is 0 Å². The molecule has 1 atom stereocenters. The summed E-state index contributed by atoms with van der Waals surface area (Å²) in [4.78, 5) is 8.68. The zero-order valence-electron chi connectivity index (χ0n) is 13.1. The Balaban J connectivity index is 2.70. The Morgan fingerprint density at radius 3 is 2.75 bits per heavy atom. The molecule has 20 heavy (non-hydrogen) atoms. The molecule has 0 bridgehead atoms. The maximum Gasteiger partial charge on any atom is 0.213 e. The summed E-state index contributed by atoms with van der Waals surface area (Å²) in [5.74, 6) is 2.01. The molecule has 5 heteroatoms. The van der Waals surface area contributed by atoms with Gasteiger partial charge in [-0.25, -0.2) is 9.98 Å². The van der Waals surface area contributed by atoms with E-state index in [4.69, 9.17) is 4.74 Å². The van der Waals surface area contributed by atoms with E-state index < -0.39 is 0 Å². The Morgan fingerprint density at radius 1 is 1.40 bits per heavy atom. The molecule has 1 unspecified atom stereocenters. The van der Waals surface area contributed by atoms with Crippen molar-refractivity contribution in [3.8, 4) is 5.88 Å². The van der Waals surface area contributed by atoms with Crippen LogP contribution in [-0.2, 0) is 6.54 Å². The standard InChI is InChI=1S/C15H26N4O/c1-6-16-15(19-12(4)11(2)3)18-10-13-7-8-17-14(9-13)20-5/h7-9,11-12H,6,10H2,1-5H3,(H2,16,18,19). The van der Waals surface area contributed by atoms with Gasteiger partial charge < -0.3 is 15.4 Å². The van der Waals surface area contributed by atoms with Gasteiger partial charge in [0.1, 0.15) is 0 Å². The first kappa shape index (κ1) is 16.3. The molecule has 5 nitrogen and oxygen atoms in total. The molecule has 0 spiro atoms. The number of guanidine groups is 1. The number of rotatable bonds is 6. The van der Waals surface area contributed by atoms with Crippen LogP contribution in [0.1, 0.15) is 33.3 Å². The molecule has 0 saturated carbocycles. The Bertz CT molecular complexity index is 432. The Morgan fingerprint density at radius 2 is 2.15 bits per heavy atom. The topological polar surface area (TPSA) is 58.5 Å². The highest BCUT2D eigenvalue weighted by molar-refractivity contribution is 5.80. The number of hydrogen-bond donors (Lipinski definition) is 2. The highest BCUT2D eigenvalue weighted by Crippen LogP contribution is 2.09. The van der Waals surface area contributed by atoms with Gasteiger partial charge >= 0.3 is 0 Å². The van der Waals surface area contributed by atoms with Crippen molar-refractivity contribution in [2.45, 2.75) is 40.3 Å². The van der Waals surface area contributed by atoms with Gasteiger partial charge in [0, 0.05) is 24.8 Å². The molecular formula is C15H26N4O. The molecule has 2 N–H and O–H groups in total. The summed E-state index contributed by atoms with van der Waals surface area (Å²) in [5, 5.41) is 6.67. The number of aromatic nitrogens is 1. The number of pyridine rings is 1. The number of nitrogens with one attached hydrogen (secondary N) is 2. The van der Waals surface area contributed by atoms with Crippen molar-refractivity contribution in [1.82, 2.24) is 15.6 Å². The number of aliphatic imine (C=N–C) groups is 1. The molecule has 0 aliphatic carbocycles. The minimum atomic E-state index is 0.375. The normalized spacial score (nSPS) is 13.2. The van der Waals surface area contributed by atoms with E-state index in [2.05, 4.69) is 48.3 Å². The second kappa shape index (κ2) is 8.40. The second-order valence-electron chi connectivity index (χ2n) is 5.08. The highest BCUT2D eigenvalue weighted by Gasteiger charge is 2.08. The maximum atomic E-state index is 5.11. The fourth-order valence-corrected chi connectivity index (χ4v) is 1.53. The lowest BCUT2D eigenvalue weighted by Crippen LogP contribution is -2.44. The largest absolute Gasteiger partial charge is 0.481 e. The van der Waals surface area contributed by atoms with E-state index >= 15 is 0 Å². The number of hydrogen-bond acceptors (Lipinski definition) is 3. The minimum absolute atomic E-state index is 0.375. The van der Waals surface area contributed by atoms with Gasteiger partial charge in [0.2, 0.25) is 5.88 Å². The number of ether oxygens (including phenoxy) is 1. The molecule has 1 heterocycles. The zero-order valence-corrected chi connectivity index (χ0v) is 13.1. The van der Waals surface area contributed by atoms with Crippen molar-refractivity contribution >= 4 is 5.96 Å². The van der Waals surface area contributed by atoms with Crippen LogP contribution in [0.3, 0.4) is 0 Å². The van der Waals surface area contributed by atoms with Crippen LogP contribution >= 0.6 is 0 Å². The van der Waals surface area contributed by atoms with Gasteiger partial charge in [-0.2, -0.15) is 0 Å². The molecule has 0 radical (unpaired) electrons. The summed E-state index contributed by atoms with van der Waals surface area (Å²) in [7, 11) is 1.62. The summed E-state index contributed by atoms with van der Waals surface area (Å²) < 4.78 is 5.11. The third-order valence-electron chi connectivity index (χ3n) is 3.14. The van der Waals surface area contributed by atoms with Crippen LogP contribution in [0.2, 0.25) is 0 Å². The summed E-state index contributed by atoms with van der Waals surface area (Å²) in [6.07, 6.45) is 1.74. The fraction of sp³-hybridized carbons (Fsp3) is 0.600. The molecule has 0 aliphatic heterocycles. The average Bonchev–Trinajstić information content (AvgIpc) is 2.45. The van der Waals surface area contributed by atoms with Crippen LogP contribution < -0.4 is 15.4 Å². The Labute approximate surface area is 121 Å². The van der Waals surface area contributed by atoms with E-state index in [0.717, 1.165) is 18.1 Å². The van der Waals surface area contributed by atoms with Crippen LogP contribution in [0.5, 0.6) is 5.88 Å². The Hall–Kier alpha value is -1.78. The molecule has 0 aliphatic rings. The van der Waals surface area contributed by atoms with Gasteiger partial charge in [-0.1, -0.05) is 13.8 Å². The fourth-order valence-electron chi connectivity index (χ4n) is 1.53. The maximum absolute atomic E-state index is 5.11. The van der Waals surface area contributed by atoms with Crippen LogP contribution in [0.25, 0.3) is 0 Å². The third-order valence-corrected chi connectivity index (χ3v) is 3.14. The van der Waals surface area contributed by atoms with Crippen molar-refractivity contribution in [1.29, 1.82) is 0 Å². The van der Waals surface area contributed by atoms with Gasteiger partial charge in [-0.15, -0.1) is 0 Å². The van der Waals surface area contributed by atoms with E-state index in [1.807, 2.05) is 12.1 Å². The SMILES string of the molecule is CCNC(=NCc1ccnc(OC)c1)NC(C)C(C)C. The molecular weight excluding hydrogens is 252 g/mol. The molecule has 1 rings (SSSR count). The number of nitrogens with zero attached hydrogens (tertiary/aromatic N) is 2. The summed E-state index contributed by atoms with van der Waals surface area (Å²) >= 11 is 0. The Kier molecular flexibility index (Phi) is 6.84. The van der Waals surface area contributed by atoms with E-state index in [1.165, 1.54) is 0 Å². The molecule has 1 aromatic rings. The van der Waals surface area contributed by atoms with Crippen molar-refractivity contribution in [2.75, 3.05) is 13.7 Å². The molecule has 112 valence electrons. The zero-order chi connectivity index (χ0) is 15.0. The molecule has 0 amide bonds. The van der Waals surface area contributed by atoms with Crippen LogP contribution in [0.4, 0.5) is 0 Å². The predicted octanol–water partition coefficient (Wildman–Crippen LogP) is 2.19. The first-order valence-electron chi connectivity index (χ1n) is 7.10. The van der Waals surface area contributed by atoms with Crippen LogP contribution in [0, 0.1) is 5.92 Å². The van der Waals surface area contributed by atoms with E-state index in [1.54, 1.807) is 13.3 Å². The number of methoxy groups -OCH3 is 1. The van der Waals surface area contributed by atoms with Gasteiger partial charge in [0.15, 0.2) is 5.96 Å². The molecule has 0 aromatic carbocycles. The molecule has 0 fully saturated rings. The van der Waals surface area contributed by atoms with Gasteiger partial charge in [0.25, 0.3) is 0 Å². The van der Waals surface area contributed by atoms with Crippen LogP contribution in [0.15, 0.2) is 23.3 Å². The molecule has 0 saturated heterocycles. The highest BCUT2D eigenvalue weighted by atomic mass is 16.5. The van der Waals surface area contributed by atoms with Crippen molar-refractivity contribution in [3.05, 3.63) is 23.9 Å². The first-order valence-corrected chi connectivity index (χ1v) is 7.10. The van der Waals surface area contributed by atoms with Crippen molar-refractivity contribution < 1.29 is 4.74 Å². The third kappa shape index (κ3) is 5.47. The summed E-state index contributed by atoms with van der Waals surface area (Å²) in [6.45, 7) is 10.0. The monoisotopic (exact) mass is 278 g/mol. The lowest BCUT2D eigenvalue weighted by Gasteiger charge is -2.20. The predicted molar refractivity (Wildman–Crippen MR) is 83.0 cm³/mol. The van der Waals surface area contributed by atoms with Crippen molar-refractivity contribution in [2.24, 2.45) is 10.9 Å². The van der Waals surface area contributed by atoms with E-state index in [9.17, 15) is 0 Å². The smallest absolute Gasteiger partial charge is 0.213 e. The first-order chi connectivity index (χ1) is 9.56. The van der Waals surface area contributed by atoms with Gasteiger partial charge in [-0.05, 0) is 31.4 Å². The lowest BCUT2D eigenvalue weighted by molar-refractivity contribution is 0.397. The quantitative estimate of drug-likeness (QED) is 0.618. The summed E-state index contributed by atoms with van der Waals surface area (Å²) in [5.41, 5.74) is 1.08. The van der Waals surface area contributed by atoms with Crippen LogP contribution in [-0.4, -0.2) is 30.6 Å². The summed E-state index contributed by atoms with van der Waals surface area (Å²) in [6, 6.07) is 4.22. The van der Waals surface area contributed by atoms with Gasteiger partial charge in [0.05, 0.1) is 13.7 Å². The van der Waals surface area contributed by atoms with E-state index in [0.29, 0.717) is 24.4 Å². The average molecular weight is 278 g/mol. The second-order valence-corrected chi connectivity index (χ2v) is 5.08. The van der Waals surface area contributed by atoms with Crippen molar-refractivity contribution in [3.63, 3.8) is 0 Å². The minimum Gasteiger partial charge on any atom is -0.481 e. The van der Waals surface area contributed by atoms with E-state index in [-0.39, 0.29) is 0 Å². The molecule has 1 aromatic heterocycles. The lowest BCUT2D eigenvalue weighted by atomic mass is 10.1.